The Kier molecular flexibility index (Phi) is 5.33. The summed E-state index contributed by atoms with van der Waals surface area (Å²) in [5, 5.41) is 2.68. The molecule has 0 unspecified atom stereocenters. The van der Waals surface area contributed by atoms with Crippen molar-refractivity contribution >= 4 is 21.6 Å². The lowest BCUT2D eigenvalue weighted by molar-refractivity contribution is 0.102. The average molecular weight is 347 g/mol. The number of carbonyl (C=O) groups is 1. The van der Waals surface area contributed by atoms with Crippen LogP contribution in [0.15, 0.2) is 35.2 Å². The molecule has 1 amide bonds. The van der Waals surface area contributed by atoms with Gasteiger partial charge in [-0.2, -0.15) is 0 Å². The van der Waals surface area contributed by atoms with Gasteiger partial charge in [-0.1, -0.05) is 32.9 Å². The summed E-state index contributed by atoms with van der Waals surface area (Å²) in [5.74, 6) is 0.532. The van der Waals surface area contributed by atoms with Crippen LogP contribution < -0.4 is 5.32 Å². The van der Waals surface area contributed by atoms with Gasteiger partial charge in [-0.05, 0) is 19.1 Å². The lowest BCUT2D eigenvalue weighted by Crippen LogP contribution is -2.18. The summed E-state index contributed by atoms with van der Waals surface area (Å²) in [6.07, 6.45) is 0. The molecule has 0 fully saturated rings. The average Bonchev–Trinajstić information content (AvgIpc) is 2.54. The topological polar surface area (TPSA) is 89.0 Å². The molecule has 2 rings (SSSR count). The Morgan fingerprint density at radius 3 is 2.50 bits per heavy atom. The van der Waals surface area contributed by atoms with Crippen LogP contribution in [0.4, 0.5) is 5.82 Å². The van der Waals surface area contributed by atoms with Crippen LogP contribution in [-0.2, 0) is 9.84 Å². The number of anilines is 1. The smallest absolute Gasteiger partial charge is 0.258 e. The molecule has 1 aromatic heterocycles. The zero-order valence-electron chi connectivity index (χ0n) is 14.2. The zero-order valence-corrected chi connectivity index (χ0v) is 15.0. The lowest BCUT2D eigenvalue weighted by Gasteiger charge is -2.11. The second-order valence-electron chi connectivity index (χ2n) is 5.76. The van der Waals surface area contributed by atoms with Gasteiger partial charge in [-0.25, -0.2) is 18.4 Å². The van der Waals surface area contributed by atoms with Gasteiger partial charge in [0.25, 0.3) is 5.91 Å². The van der Waals surface area contributed by atoms with Crippen LogP contribution in [0.2, 0.25) is 0 Å². The van der Waals surface area contributed by atoms with Crippen molar-refractivity contribution in [2.24, 2.45) is 0 Å². The first-order valence-corrected chi connectivity index (χ1v) is 9.38. The van der Waals surface area contributed by atoms with E-state index in [0.717, 1.165) is 5.69 Å². The highest BCUT2D eigenvalue weighted by molar-refractivity contribution is 7.91. The first-order chi connectivity index (χ1) is 11.2. The molecule has 0 radical (unpaired) electrons. The summed E-state index contributed by atoms with van der Waals surface area (Å²) in [6.45, 7) is 7.29. The van der Waals surface area contributed by atoms with Crippen LogP contribution in [-0.4, -0.2) is 30.0 Å². The van der Waals surface area contributed by atoms with Crippen LogP contribution in [0.1, 0.15) is 48.6 Å². The number of nitrogens with zero attached hydrogens (tertiary/aromatic N) is 2. The second-order valence-corrected chi connectivity index (χ2v) is 8.01. The summed E-state index contributed by atoms with van der Waals surface area (Å²) in [4.78, 5) is 21.2. The third-order valence-electron chi connectivity index (χ3n) is 3.48. The van der Waals surface area contributed by atoms with E-state index in [2.05, 4.69) is 15.3 Å². The van der Waals surface area contributed by atoms with Gasteiger partial charge in [0.05, 0.1) is 16.2 Å². The van der Waals surface area contributed by atoms with Crippen molar-refractivity contribution in [3.05, 3.63) is 47.4 Å². The molecule has 1 aromatic carbocycles. The van der Waals surface area contributed by atoms with Gasteiger partial charge in [0.2, 0.25) is 0 Å². The molecule has 7 heteroatoms. The number of sulfone groups is 1. The van der Waals surface area contributed by atoms with Gasteiger partial charge in [-0.3, -0.25) is 4.79 Å². The first kappa shape index (κ1) is 18.1. The van der Waals surface area contributed by atoms with E-state index in [1.54, 1.807) is 25.1 Å². The van der Waals surface area contributed by atoms with Crippen LogP contribution >= 0.6 is 0 Å². The minimum atomic E-state index is -3.49. The van der Waals surface area contributed by atoms with E-state index in [4.69, 9.17) is 0 Å². The number of hydrogen-bond donors (Lipinski definition) is 1. The van der Waals surface area contributed by atoms with Gasteiger partial charge < -0.3 is 5.32 Å². The second kappa shape index (κ2) is 7.09. The van der Waals surface area contributed by atoms with Crippen molar-refractivity contribution in [2.75, 3.05) is 11.1 Å². The molecule has 0 bridgehead atoms. The third kappa shape index (κ3) is 3.97. The molecule has 128 valence electrons. The van der Waals surface area contributed by atoms with Crippen LogP contribution in [0.3, 0.4) is 0 Å². The van der Waals surface area contributed by atoms with Crippen LogP contribution in [0.5, 0.6) is 0 Å². The molecule has 0 aliphatic carbocycles. The first-order valence-electron chi connectivity index (χ1n) is 7.73. The van der Waals surface area contributed by atoms with E-state index in [9.17, 15) is 13.2 Å². The quantitative estimate of drug-likeness (QED) is 0.898. The standard InChI is InChI=1S/C17H21N3O3S/c1-5-24(22,23)14-9-7-6-8-13(14)17(21)20-15-10-12(4)18-16(19-15)11(2)3/h6-11H,5H2,1-4H3,(H,18,19,20,21). The summed E-state index contributed by atoms with van der Waals surface area (Å²) >= 11 is 0. The van der Waals surface area contributed by atoms with Gasteiger partial charge in [0, 0.05) is 17.7 Å². The van der Waals surface area contributed by atoms with E-state index in [1.807, 2.05) is 20.8 Å². The number of hydrogen-bond acceptors (Lipinski definition) is 5. The summed E-state index contributed by atoms with van der Waals surface area (Å²) in [5.41, 5.74) is 0.847. The Labute approximate surface area is 142 Å². The van der Waals surface area contributed by atoms with Crippen molar-refractivity contribution < 1.29 is 13.2 Å². The number of aryl methyl sites for hydroxylation is 1. The molecule has 0 aliphatic rings. The maximum absolute atomic E-state index is 12.6. The van der Waals surface area contributed by atoms with Gasteiger partial charge >= 0.3 is 0 Å². The van der Waals surface area contributed by atoms with E-state index in [0.29, 0.717) is 11.6 Å². The SMILES string of the molecule is CCS(=O)(=O)c1ccccc1C(=O)Nc1cc(C)nc(C(C)C)n1. The van der Waals surface area contributed by atoms with Crippen LogP contribution in [0, 0.1) is 6.92 Å². The molecule has 1 N–H and O–H groups in total. The van der Waals surface area contributed by atoms with Crippen molar-refractivity contribution in [1.82, 2.24) is 9.97 Å². The molecular formula is C17H21N3O3S. The highest BCUT2D eigenvalue weighted by Crippen LogP contribution is 2.19. The fraction of sp³-hybridized carbons (Fsp3) is 0.353. The fourth-order valence-corrected chi connectivity index (χ4v) is 3.27. The maximum atomic E-state index is 12.6. The van der Waals surface area contributed by atoms with Crippen molar-refractivity contribution in [3.63, 3.8) is 0 Å². The van der Waals surface area contributed by atoms with E-state index < -0.39 is 15.7 Å². The van der Waals surface area contributed by atoms with E-state index in [-0.39, 0.29) is 22.1 Å². The molecule has 0 aliphatic heterocycles. The number of amides is 1. The predicted molar refractivity (Wildman–Crippen MR) is 93.0 cm³/mol. The number of rotatable bonds is 5. The summed E-state index contributed by atoms with van der Waals surface area (Å²) in [6, 6.07) is 7.83. The molecule has 0 saturated heterocycles. The highest BCUT2D eigenvalue weighted by Gasteiger charge is 2.21. The van der Waals surface area contributed by atoms with Crippen molar-refractivity contribution in [1.29, 1.82) is 0 Å². The van der Waals surface area contributed by atoms with Crippen molar-refractivity contribution in [3.8, 4) is 0 Å². The zero-order chi connectivity index (χ0) is 17.9. The number of aromatic nitrogens is 2. The van der Waals surface area contributed by atoms with E-state index in [1.165, 1.54) is 12.1 Å². The molecular weight excluding hydrogens is 326 g/mol. The van der Waals surface area contributed by atoms with E-state index >= 15 is 0 Å². The van der Waals surface area contributed by atoms with Crippen LogP contribution in [0.25, 0.3) is 0 Å². The highest BCUT2D eigenvalue weighted by atomic mass is 32.2. The summed E-state index contributed by atoms with van der Waals surface area (Å²) < 4.78 is 24.3. The molecule has 1 heterocycles. The van der Waals surface area contributed by atoms with Gasteiger partial charge in [0.1, 0.15) is 11.6 Å². The molecule has 0 atom stereocenters. The molecule has 0 saturated carbocycles. The number of benzene rings is 1. The largest absolute Gasteiger partial charge is 0.306 e. The Hall–Kier alpha value is -2.28. The lowest BCUT2D eigenvalue weighted by atomic mass is 10.2. The minimum absolute atomic E-state index is 0.0276. The Morgan fingerprint density at radius 1 is 1.21 bits per heavy atom. The van der Waals surface area contributed by atoms with Crippen molar-refractivity contribution in [2.45, 2.75) is 38.5 Å². The third-order valence-corrected chi connectivity index (χ3v) is 5.26. The predicted octanol–water partition coefficient (Wildman–Crippen LogP) is 2.95. The number of carbonyl (C=O) groups excluding carboxylic acids is 1. The van der Waals surface area contributed by atoms with Gasteiger partial charge in [-0.15, -0.1) is 0 Å². The summed E-state index contributed by atoms with van der Waals surface area (Å²) in [7, 11) is -3.49. The molecule has 0 spiro atoms. The normalized spacial score (nSPS) is 11.5. The molecule has 2 aromatic rings. The minimum Gasteiger partial charge on any atom is -0.306 e. The molecule has 24 heavy (non-hydrogen) atoms. The molecule has 6 nitrogen and oxygen atoms in total. The van der Waals surface area contributed by atoms with Gasteiger partial charge in [0.15, 0.2) is 9.84 Å². The number of nitrogens with one attached hydrogen (secondary N) is 1. The Morgan fingerprint density at radius 2 is 1.88 bits per heavy atom. The fourth-order valence-electron chi connectivity index (χ4n) is 2.18. The Balaban J connectivity index is 2.39. The monoisotopic (exact) mass is 347 g/mol. The Bertz CT molecular complexity index is 861. The maximum Gasteiger partial charge on any atom is 0.258 e.